The van der Waals surface area contributed by atoms with Crippen LogP contribution in [-0.2, 0) is 9.53 Å². The van der Waals surface area contributed by atoms with Crippen LogP contribution in [0.5, 0.6) is 0 Å². The topological polar surface area (TPSA) is 115 Å². The van der Waals surface area contributed by atoms with Crippen molar-refractivity contribution in [1.82, 2.24) is 4.98 Å². The van der Waals surface area contributed by atoms with Gasteiger partial charge >= 0.3 is 11.7 Å². The molecule has 1 aromatic rings. The van der Waals surface area contributed by atoms with Crippen molar-refractivity contribution in [2.24, 2.45) is 0 Å². The third-order valence-corrected chi connectivity index (χ3v) is 4.22. The van der Waals surface area contributed by atoms with Crippen LogP contribution >= 0.6 is 11.6 Å². The van der Waals surface area contributed by atoms with Crippen molar-refractivity contribution in [2.75, 3.05) is 11.9 Å². The van der Waals surface area contributed by atoms with Crippen LogP contribution in [-0.4, -0.2) is 39.2 Å². The summed E-state index contributed by atoms with van der Waals surface area (Å²) in [5.74, 6) is -0.962. The number of nitrogens with zero attached hydrogens (tertiary/aromatic N) is 2. The third kappa shape index (κ3) is 3.89. The quantitative estimate of drug-likeness (QED) is 0.463. The first-order valence-electron chi connectivity index (χ1n) is 7.32. The Hall–Kier alpha value is -1.93. The summed E-state index contributed by atoms with van der Waals surface area (Å²) < 4.78 is 5.44. The normalized spacial score (nSPS) is 24.2. The molecule has 9 heteroatoms. The van der Waals surface area contributed by atoms with Gasteiger partial charge in [-0.15, -0.1) is 0 Å². The van der Waals surface area contributed by atoms with E-state index < -0.39 is 16.5 Å². The number of nitrogens with one attached hydrogen (secondary N) is 1. The van der Waals surface area contributed by atoms with Crippen molar-refractivity contribution >= 4 is 28.9 Å². The average Bonchev–Trinajstić information content (AvgIpc) is 2.49. The Labute approximate surface area is 138 Å². The van der Waals surface area contributed by atoms with Crippen molar-refractivity contribution in [2.45, 2.75) is 44.2 Å². The molecule has 0 amide bonds. The largest absolute Gasteiger partial charge is 0.479 e. The van der Waals surface area contributed by atoms with Crippen LogP contribution in [0, 0.1) is 10.1 Å². The summed E-state index contributed by atoms with van der Waals surface area (Å²) in [5.41, 5.74) is -1.03. The minimum absolute atomic E-state index is 0.0832. The molecule has 8 nitrogen and oxygen atoms in total. The molecule has 1 saturated carbocycles. The predicted molar refractivity (Wildman–Crippen MR) is 83.8 cm³/mol. The van der Waals surface area contributed by atoms with E-state index in [1.165, 1.54) is 6.07 Å². The minimum Gasteiger partial charge on any atom is -0.479 e. The number of aliphatic carboxylic acids is 1. The fraction of sp³-hybridized carbons (Fsp3) is 0.571. The van der Waals surface area contributed by atoms with E-state index in [1.54, 1.807) is 6.92 Å². The molecule has 126 valence electrons. The number of carboxylic acids is 1. The SMILES string of the molecule is CCO[C@]1(C(=O)O)CC[C@@H](Nc2cc(Cl)ncc2[N+](=O)[O-])CC1. The average molecular weight is 344 g/mol. The van der Waals surface area contributed by atoms with Crippen LogP contribution in [0.1, 0.15) is 32.6 Å². The zero-order chi connectivity index (χ0) is 17.0. The molecule has 1 fully saturated rings. The highest BCUT2D eigenvalue weighted by Gasteiger charge is 2.43. The number of hydrogen-bond donors (Lipinski definition) is 2. The van der Waals surface area contributed by atoms with Gasteiger partial charge in [0.15, 0.2) is 5.60 Å². The highest BCUT2D eigenvalue weighted by Crippen LogP contribution is 2.35. The molecule has 0 saturated heterocycles. The van der Waals surface area contributed by atoms with Crippen molar-refractivity contribution in [3.63, 3.8) is 0 Å². The lowest BCUT2D eigenvalue weighted by atomic mass is 9.82. The van der Waals surface area contributed by atoms with Gasteiger partial charge in [0.25, 0.3) is 0 Å². The molecular formula is C14H18ClN3O5. The summed E-state index contributed by atoms with van der Waals surface area (Å²) in [5, 5.41) is 23.7. The highest BCUT2D eigenvalue weighted by atomic mass is 35.5. The van der Waals surface area contributed by atoms with Gasteiger partial charge in [0, 0.05) is 18.7 Å². The van der Waals surface area contributed by atoms with Gasteiger partial charge < -0.3 is 15.2 Å². The molecule has 1 aliphatic carbocycles. The molecule has 0 bridgehead atoms. The van der Waals surface area contributed by atoms with Crippen LogP contribution in [0.15, 0.2) is 12.3 Å². The van der Waals surface area contributed by atoms with Crippen LogP contribution in [0.2, 0.25) is 5.15 Å². The van der Waals surface area contributed by atoms with E-state index in [0.29, 0.717) is 38.0 Å². The van der Waals surface area contributed by atoms with Gasteiger partial charge in [-0.05, 0) is 32.6 Å². The van der Waals surface area contributed by atoms with Gasteiger partial charge in [-0.25, -0.2) is 9.78 Å². The smallest absolute Gasteiger partial charge is 0.335 e. The van der Waals surface area contributed by atoms with Gasteiger partial charge in [-0.3, -0.25) is 10.1 Å². The lowest BCUT2D eigenvalue weighted by molar-refractivity contribution is -0.384. The van der Waals surface area contributed by atoms with Crippen molar-refractivity contribution in [3.05, 3.63) is 27.5 Å². The molecule has 1 aromatic heterocycles. The van der Waals surface area contributed by atoms with Gasteiger partial charge in [0.2, 0.25) is 0 Å². The van der Waals surface area contributed by atoms with Crippen molar-refractivity contribution in [3.8, 4) is 0 Å². The molecular weight excluding hydrogens is 326 g/mol. The summed E-state index contributed by atoms with van der Waals surface area (Å²) in [6.07, 6.45) is 2.86. The van der Waals surface area contributed by atoms with E-state index in [-0.39, 0.29) is 16.9 Å². The second kappa shape index (κ2) is 7.10. The Balaban J connectivity index is 2.09. The van der Waals surface area contributed by atoms with E-state index in [1.807, 2.05) is 0 Å². The number of pyridine rings is 1. The van der Waals surface area contributed by atoms with Crippen molar-refractivity contribution < 1.29 is 19.6 Å². The van der Waals surface area contributed by atoms with Gasteiger partial charge in [-0.1, -0.05) is 11.6 Å². The summed E-state index contributed by atoms with van der Waals surface area (Å²) >= 11 is 5.80. The monoisotopic (exact) mass is 343 g/mol. The Bertz CT molecular complexity index is 602. The number of aromatic nitrogens is 1. The molecule has 0 spiro atoms. The second-order valence-electron chi connectivity index (χ2n) is 5.43. The molecule has 23 heavy (non-hydrogen) atoms. The van der Waals surface area contributed by atoms with E-state index in [0.717, 1.165) is 6.20 Å². The number of hydrogen-bond acceptors (Lipinski definition) is 6. The zero-order valence-electron chi connectivity index (χ0n) is 12.6. The Morgan fingerprint density at radius 1 is 1.61 bits per heavy atom. The maximum absolute atomic E-state index is 11.5. The van der Waals surface area contributed by atoms with E-state index in [4.69, 9.17) is 16.3 Å². The molecule has 0 aromatic carbocycles. The number of rotatable bonds is 6. The van der Waals surface area contributed by atoms with Gasteiger partial charge in [-0.2, -0.15) is 0 Å². The lowest BCUT2D eigenvalue weighted by Gasteiger charge is -2.36. The highest BCUT2D eigenvalue weighted by molar-refractivity contribution is 6.29. The van der Waals surface area contributed by atoms with Crippen LogP contribution in [0.25, 0.3) is 0 Å². The predicted octanol–water partition coefficient (Wildman–Crippen LogP) is 2.86. The summed E-state index contributed by atoms with van der Waals surface area (Å²) in [6.45, 7) is 2.09. The van der Waals surface area contributed by atoms with Gasteiger partial charge in [0.05, 0.1) is 4.92 Å². The Kier molecular flexibility index (Phi) is 5.38. The molecule has 2 rings (SSSR count). The first-order valence-corrected chi connectivity index (χ1v) is 7.69. The summed E-state index contributed by atoms with van der Waals surface area (Å²) in [4.78, 5) is 25.7. The first-order chi connectivity index (χ1) is 10.9. The molecule has 1 aliphatic rings. The van der Waals surface area contributed by atoms with Crippen LogP contribution < -0.4 is 5.32 Å². The second-order valence-corrected chi connectivity index (χ2v) is 5.82. The molecule has 0 aliphatic heterocycles. The minimum atomic E-state index is -1.16. The number of ether oxygens (including phenoxy) is 1. The molecule has 0 atom stereocenters. The lowest BCUT2D eigenvalue weighted by Crippen LogP contribution is -2.47. The number of anilines is 1. The summed E-state index contributed by atoms with van der Waals surface area (Å²) in [6, 6.07) is 1.32. The fourth-order valence-electron chi connectivity index (χ4n) is 2.83. The number of halogens is 1. The zero-order valence-corrected chi connectivity index (χ0v) is 13.4. The first kappa shape index (κ1) is 17.4. The maximum atomic E-state index is 11.5. The number of carbonyl (C=O) groups is 1. The number of nitro groups is 1. The standard InChI is InChI=1S/C14H18ClN3O5/c1-2-23-14(13(19)20)5-3-9(4-6-14)17-10-7-12(15)16-8-11(10)18(21)22/h7-9H,2-6H2,1H3,(H,16,17)(H,19,20)/t9-,14-. The van der Waals surface area contributed by atoms with Crippen LogP contribution in [0.4, 0.5) is 11.4 Å². The molecule has 1 heterocycles. The molecule has 0 radical (unpaired) electrons. The fourth-order valence-corrected chi connectivity index (χ4v) is 2.99. The van der Waals surface area contributed by atoms with E-state index >= 15 is 0 Å². The summed E-state index contributed by atoms with van der Waals surface area (Å²) in [7, 11) is 0. The van der Waals surface area contributed by atoms with Gasteiger partial charge in [0.1, 0.15) is 17.0 Å². The van der Waals surface area contributed by atoms with Crippen LogP contribution in [0.3, 0.4) is 0 Å². The van der Waals surface area contributed by atoms with E-state index in [9.17, 15) is 20.0 Å². The van der Waals surface area contributed by atoms with Crippen molar-refractivity contribution in [1.29, 1.82) is 0 Å². The number of carboxylic acid groups (broad SMARTS) is 1. The molecule has 2 N–H and O–H groups in total. The van der Waals surface area contributed by atoms with E-state index in [2.05, 4.69) is 10.3 Å². The molecule has 0 unspecified atom stereocenters. The Morgan fingerprint density at radius 2 is 2.26 bits per heavy atom. The maximum Gasteiger partial charge on any atom is 0.335 e. The Morgan fingerprint density at radius 3 is 2.78 bits per heavy atom. The third-order valence-electron chi connectivity index (χ3n) is 4.01.